The molecule has 1 aromatic heterocycles. The number of nitrogens with one attached hydrogen (secondary N) is 1. The molecule has 6 heteroatoms. The molecule has 1 heterocycles. The molecule has 0 radical (unpaired) electrons. The van der Waals surface area contributed by atoms with Crippen molar-refractivity contribution in [1.82, 2.24) is 14.9 Å². The van der Waals surface area contributed by atoms with Crippen molar-refractivity contribution in [2.75, 3.05) is 6.54 Å². The Labute approximate surface area is 146 Å². The van der Waals surface area contributed by atoms with Crippen molar-refractivity contribution >= 4 is 16.8 Å². The fourth-order valence-corrected chi connectivity index (χ4v) is 3.55. The van der Waals surface area contributed by atoms with Crippen molar-refractivity contribution in [3.8, 4) is 0 Å². The molecule has 1 saturated carbocycles. The highest BCUT2D eigenvalue weighted by Gasteiger charge is 2.13. The van der Waals surface area contributed by atoms with Crippen LogP contribution < -0.4 is 10.9 Å². The Morgan fingerprint density at radius 3 is 2.88 bits per heavy atom. The van der Waals surface area contributed by atoms with Gasteiger partial charge in [0.1, 0.15) is 12.4 Å². The lowest BCUT2D eigenvalue weighted by Gasteiger charge is -2.21. The highest BCUT2D eigenvalue weighted by molar-refractivity contribution is 5.78. The Morgan fingerprint density at radius 1 is 1.28 bits per heavy atom. The summed E-state index contributed by atoms with van der Waals surface area (Å²) >= 11 is 0. The monoisotopic (exact) mass is 345 g/mol. The summed E-state index contributed by atoms with van der Waals surface area (Å²) in [6.07, 6.45) is 10.1. The molecular weight excluding hydrogens is 321 g/mol. The number of benzene rings is 1. The number of aromatic nitrogens is 2. The number of carbonyl (C=O) groups excluding carboxylic acids is 1. The molecule has 1 fully saturated rings. The van der Waals surface area contributed by atoms with E-state index in [4.69, 9.17) is 0 Å². The van der Waals surface area contributed by atoms with Gasteiger partial charge in [0.15, 0.2) is 0 Å². The molecule has 1 amide bonds. The minimum atomic E-state index is -0.437. The van der Waals surface area contributed by atoms with Crippen molar-refractivity contribution in [3.63, 3.8) is 0 Å². The number of hydrogen-bond acceptors (Lipinski definition) is 3. The first-order chi connectivity index (χ1) is 12.1. The van der Waals surface area contributed by atoms with Gasteiger partial charge in [0.05, 0.1) is 17.2 Å². The predicted octanol–water partition coefficient (Wildman–Crippen LogP) is 3.01. The van der Waals surface area contributed by atoms with Crippen LogP contribution in [0.5, 0.6) is 0 Å². The number of rotatable bonds is 6. The maximum Gasteiger partial charge on any atom is 0.261 e. The van der Waals surface area contributed by atoms with Crippen LogP contribution >= 0.6 is 0 Å². The van der Waals surface area contributed by atoms with Crippen LogP contribution in [0, 0.1) is 11.7 Å². The van der Waals surface area contributed by atoms with Gasteiger partial charge in [-0.25, -0.2) is 9.37 Å². The average Bonchev–Trinajstić information content (AvgIpc) is 2.62. The second kappa shape index (κ2) is 8.23. The van der Waals surface area contributed by atoms with Crippen LogP contribution in [0.4, 0.5) is 4.39 Å². The summed E-state index contributed by atoms with van der Waals surface area (Å²) in [6.45, 7) is 0.568. The average molecular weight is 345 g/mol. The second-order valence-corrected chi connectivity index (χ2v) is 6.84. The SMILES string of the molecule is O=C(Cn1cnc2cc(F)ccc2c1=O)NCCCC1CCCCC1. The number of hydrogen-bond donors (Lipinski definition) is 1. The lowest BCUT2D eigenvalue weighted by atomic mass is 9.86. The van der Waals surface area contributed by atoms with Gasteiger partial charge in [-0.15, -0.1) is 0 Å². The minimum Gasteiger partial charge on any atom is -0.355 e. The molecular formula is C19H24FN3O2. The Morgan fingerprint density at radius 2 is 2.08 bits per heavy atom. The van der Waals surface area contributed by atoms with Gasteiger partial charge in [0.25, 0.3) is 5.56 Å². The molecule has 0 bridgehead atoms. The van der Waals surface area contributed by atoms with Crippen LogP contribution in [0.25, 0.3) is 10.9 Å². The van der Waals surface area contributed by atoms with E-state index in [9.17, 15) is 14.0 Å². The van der Waals surface area contributed by atoms with Gasteiger partial charge in [-0.3, -0.25) is 14.2 Å². The van der Waals surface area contributed by atoms with Gasteiger partial charge in [0, 0.05) is 12.6 Å². The van der Waals surface area contributed by atoms with E-state index in [2.05, 4.69) is 10.3 Å². The second-order valence-electron chi connectivity index (χ2n) is 6.84. The number of carbonyl (C=O) groups is 1. The van der Waals surface area contributed by atoms with Gasteiger partial charge in [0.2, 0.25) is 5.91 Å². The molecule has 0 spiro atoms. The van der Waals surface area contributed by atoms with Gasteiger partial charge in [-0.2, -0.15) is 0 Å². The summed E-state index contributed by atoms with van der Waals surface area (Å²) in [4.78, 5) is 28.4. The summed E-state index contributed by atoms with van der Waals surface area (Å²) in [6, 6.07) is 3.84. The van der Waals surface area contributed by atoms with Gasteiger partial charge in [-0.05, 0) is 30.9 Å². The largest absolute Gasteiger partial charge is 0.355 e. The maximum absolute atomic E-state index is 13.2. The summed E-state index contributed by atoms with van der Waals surface area (Å²) in [5, 5.41) is 3.18. The maximum atomic E-state index is 13.2. The van der Waals surface area contributed by atoms with Crippen LogP contribution in [-0.4, -0.2) is 22.0 Å². The molecule has 0 saturated heterocycles. The normalized spacial score (nSPS) is 15.4. The summed E-state index contributed by atoms with van der Waals surface area (Å²) in [5.41, 5.74) is -0.0310. The summed E-state index contributed by atoms with van der Waals surface area (Å²) in [5.74, 6) is 0.167. The van der Waals surface area contributed by atoms with E-state index >= 15 is 0 Å². The quantitative estimate of drug-likeness (QED) is 0.819. The first-order valence-electron chi connectivity index (χ1n) is 9.05. The van der Waals surface area contributed by atoms with Crippen LogP contribution in [0.3, 0.4) is 0 Å². The molecule has 0 unspecified atom stereocenters. The molecule has 25 heavy (non-hydrogen) atoms. The van der Waals surface area contributed by atoms with Gasteiger partial charge in [-0.1, -0.05) is 32.1 Å². The Bertz CT molecular complexity index is 797. The Kier molecular flexibility index (Phi) is 5.79. The standard InChI is InChI=1S/C19H24FN3O2/c20-15-8-9-16-17(11-15)22-13-23(19(16)25)12-18(24)21-10-4-7-14-5-2-1-3-6-14/h8-9,11,13-14H,1-7,10,12H2,(H,21,24). The van der Waals surface area contributed by atoms with Crippen LogP contribution in [0.2, 0.25) is 0 Å². The summed E-state index contributed by atoms with van der Waals surface area (Å²) < 4.78 is 14.4. The predicted molar refractivity (Wildman–Crippen MR) is 94.8 cm³/mol. The van der Waals surface area contributed by atoms with E-state index in [0.717, 1.165) is 18.8 Å². The minimum absolute atomic E-state index is 0.0669. The zero-order valence-corrected chi connectivity index (χ0v) is 14.3. The lowest BCUT2D eigenvalue weighted by Crippen LogP contribution is -2.33. The number of fused-ring (bicyclic) bond motifs is 1. The van der Waals surface area contributed by atoms with Crippen molar-refractivity contribution in [2.24, 2.45) is 5.92 Å². The van der Waals surface area contributed by atoms with Crippen molar-refractivity contribution in [2.45, 2.75) is 51.5 Å². The van der Waals surface area contributed by atoms with Crippen molar-refractivity contribution < 1.29 is 9.18 Å². The van der Waals surface area contributed by atoms with E-state index < -0.39 is 5.82 Å². The van der Waals surface area contributed by atoms with Gasteiger partial charge < -0.3 is 5.32 Å². The molecule has 134 valence electrons. The van der Waals surface area contributed by atoms with E-state index in [1.807, 2.05) is 0 Å². The lowest BCUT2D eigenvalue weighted by molar-refractivity contribution is -0.121. The third-order valence-electron chi connectivity index (χ3n) is 4.94. The van der Waals surface area contributed by atoms with Crippen LogP contribution in [-0.2, 0) is 11.3 Å². The first kappa shape index (κ1) is 17.6. The fraction of sp³-hybridized carbons (Fsp3) is 0.526. The van der Waals surface area contributed by atoms with E-state index in [1.54, 1.807) is 0 Å². The molecule has 0 atom stereocenters. The number of nitrogens with zero attached hydrogens (tertiary/aromatic N) is 2. The Hall–Kier alpha value is -2.24. The molecule has 2 aromatic rings. The molecule has 1 aromatic carbocycles. The van der Waals surface area contributed by atoms with Crippen molar-refractivity contribution in [1.29, 1.82) is 0 Å². The molecule has 1 N–H and O–H groups in total. The Balaban J connectivity index is 1.50. The number of halogens is 1. The molecule has 0 aliphatic heterocycles. The highest BCUT2D eigenvalue weighted by atomic mass is 19.1. The highest BCUT2D eigenvalue weighted by Crippen LogP contribution is 2.26. The molecule has 1 aliphatic carbocycles. The molecule has 5 nitrogen and oxygen atoms in total. The van der Waals surface area contributed by atoms with Gasteiger partial charge >= 0.3 is 0 Å². The third-order valence-corrected chi connectivity index (χ3v) is 4.94. The fourth-order valence-electron chi connectivity index (χ4n) is 3.55. The van der Waals surface area contributed by atoms with Crippen LogP contribution in [0.15, 0.2) is 29.3 Å². The van der Waals surface area contributed by atoms with E-state index in [0.29, 0.717) is 17.4 Å². The third kappa shape index (κ3) is 4.65. The van der Waals surface area contributed by atoms with E-state index in [-0.39, 0.29) is 18.0 Å². The smallest absolute Gasteiger partial charge is 0.261 e. The topological polar surface area (TPSA) is 64.0 Å². The zero-order valence-electron chi connectivity index (χ0n) is 14.3. The van der Waals surface area contributed by atoms with Crippen molar-refractivity contribution in [3.05, 3.63) is 40.7 Å². The van der Waals surface area contributed by atoms with E-state index in [1.165, 1.54) is 61.2 Å². The first-order valence-corrected chi connectivity index (χ1v) is 9.05. The number of amides is 1. The molecule has 1 aliphatic rings. The summed E-state index contributed by atoms with van der Waals surface area (Å²) in [7, 11) is 0. The zero-order chi connectivity index (χ0) is 17.6. The molecule has 3 rings (SSSR count). The van der Waals surface area contributed by atoms with Crippen LogP contribution in [0.1, 0.15) is 44.9 Å².